The Morgan fingerprint density at radius 2 is 1.67 bits per heavy atom. The van der Waals surface area contributed by atoms with Crippen molar-refractivity contribution in [1.82, 2.24) is 15.3 Å². The molecule has 1 aliphatic rings. The van der Waals surface area contributed by atoms with Crippen LogP contribution >= 0.6 is 0 Å². The van der Waals surface area contributed by atoms with Crippen LogP contribution in [0.15, 0.2) is 0 Å². The minimum atomic E-state index is 0.472. The molecule has 1 atom stereocenters. The third kappa shape index (κ3) is 3.82. The Labute approximate surface area is 130 Å². The highest BCUT2D eigenvalue weighted by atomic mass is 14.9. The third-order valence-electron chi connectivity index (χ3n) is 5.14. The molecular weight excluding hydrogens is 258 g/mol. The van der Waals surface area contributed by atoms with Gasteiger partial charge >= 0.3 is 0 Å². The van der Waals surface area contributed by atoms with Gasteiger partial charge < -0.3 is 5.32 Å². The lowest BCUT2D eigenvalue weighted by Gasteiger charge is -2.27. The van der Waals surface area contributed by atoms with Crippen LogP contribution in [0.5, 0.6) is 0 Å². The maximum Gasteiger partial charge on any atom is 0.131 e. The van der Waals surface area contributed by atoms with Gasteiger partial charge in [-0.05, 0) is 64.0 Å². The maximum atomic E-state index is 4.87. The zero-order valence-electron chi connectivity index (χ0n) is 14.4. The summed E-state index contributed by atoms with van der Waals surface area (Å²) >= 11 is 0. The maximum absolute atomic E-state index is 4.87. The molecule has 0 aromatic carbocycles. The molecular formula is C18H31N3. The molecule has 1 saturated carbocycles. The molecule has 1 heterocycles. The van der Waals surface area contributed by atoms with E-state index in [1.54, 1.807) is 0 Å². The van der Waals surface area contributed by atoms with E-state index in [1.807, 2.05) is 7.05 Å². The number of hydrogen-bond donors (Lipinski definition) is 1. The summed E-state index contributed by atoms with van der Waals surface area (Å²) in [6.07, 6.45) is 6.55. The van der Waals surface area contributed by atoms with E-state index in [0.717, 1.165) is 18.3 Å². The smallest absolute Gasteiger partial charge is 0.131 e. The highest BCUT2D eigenvalue weighted by Crippen LogP contribution is 2.36. The van der Waals surface area contributed by atoms with E-state index in [4.69, 9.17) is 9.97 Å². The standard InChI is InChI=1S/C18H31N3/c1-6-15-7-9-16(10-8-15)18-20-13(3)17(14(4)21-18)12(2)11-19-5/h12,15-16,19H,6-11H2,1-5H3. The van der Waals surface area contributed by atoms with Gasteiger partial charge in [-0.15, -0.1) is 0 Å². The van der Waals surface area contributed by atoms with Crippen molar-refractivity contribution in [3.05, 3.63) is 22.8 Å². The largest absolute Gasteiger partial charge is 0.319 e. The molecule has 1 aromatic rings. The molecule has 1 fully saturated rings. The van der Waals surface area contributed by atoms with Crippen LogP contribution in [0.3, 0.4) is 0 Å². The van der Waals surface area contributed by atoms with Crippen molar-refractivity contribution >= 4 is 0 Å². The molecule has 0 radical (unpaired) electrons. The Morgan fingerprint density at radius 1 is 1.10 bits per heavy atom. The summed E-state index contributed by atoms with van der Waals surface area (Å²) in [5.74, 6) is 3.08. The molecule has 1 N–H and O–H groups in total. The number of rotatable bonds is 5. The first-order valence-electron chi connectivity index (χ1n) is 8.56. The Kier molecular flexibility index (Phi) is 5.74. The minimum Gasteiger partial charge on any atom is -0.319 e. The SMILES string of the molecule is CCC1CCC(c2nc(C)c(C(C)CNC)c(C)n2)CC1. The van der Waals surface area contributed by atoms with Gasteiger partial charge in [0, 0.05) is 23.9 Å². The van der Waals surface area contributed by atoms with Crippen LogP contribution in [0.1, 0.15) is 80.6 Å². The quantitative estimate of drug-likeness (QED) is 0.887. The van der Waals surface area contributed by atoms with Gasteiger partial charge in [0.15, 0.2) is 0 Å². The zero-order valence-corrected chi connectivity index (χ0v) is 14.4. The second kappa shape index (κ2) is 7.35. The molecule has 1 aromatic heterocycles. The van der Waals surface area contributed by atoms with Crippen LogP contribution in [0.2, 0.25) is 0 Å². The Bertz CT molecular complexity index is 439. The molecule has 0 spiro atoms. The van der Waals surface area contributed by atoms with Crippen molar-refractivity contribution < 1.29 is 0 Å². The molecule has 0 aliphatic heterocycles. The zero-order chi connectivity index (χ0) is 15.4. The van der Waals surface area contributed by atoms with Crippen LogP contribution in [-0.4, -0.2) is 23.6 Å². The Morgan fingerprint density at radius 3 is 2.14 bits per heavy atom. The molecule has 1 aliphatic carbocycles. The second-order valence-electron chi connectivity index (χ2n) is 6.75. The number of nitrogens with one attached hydrogen (secondary N) is 1. The highest BCUT2D eigenvalue weighted by Gasteiger charge is 2.25. The van der Waals surface area contributed by atoms with Crippen LogP contribution in [0, 0.1) is 19.8 Å². The molecule has 3 nitrogen and oxygen atoms in total. The van der Waals surface area contributed by atoms with E-state index >= 15 is 0 Å². The average Bonchev–Trinajstić information content (AvgIpc) is 2.47. The summed E-state index contributed by atoms with van der Waals surface area (Å²) in [5.41, 5.74) is 3.69. The predicted molar refractivity (Wildman–Crippen MR) is 88.8 cm³/mol. The van der Waals surface area contributed by atoms with Crippen molar-refractivity contribution in [3.63, 3.8) is 0 Å². The first-order chi connectivity index (χ1) is 10.1. The lowest BCUT2D eigenvalue weighted by molar-refractivity contribution is 0.311. The van der Waals surface area contributed by atoms with Crippen LogP contribution in [0.25, 0.3) is 0 Å². The summed E-state index contributed by atoms with van der Waals surface area (Å²) in [7, 11) is 2.00. The summed E-state index contributed by atoms with van der Waals surface area (Å²) in [4.78, 5) is 9.75. The van der Waals surface area contributed by atoms with Crippen molar-refractivity contribution in [3.8, 4) is 0 Å². The van der Waals surface area contributed by atoms with Gasteiger partial charge in [0.25, 0.3) is 0 Å². The number of nitrogens with zero attached hydrogens (tertiary/aromatic N) is 2. The molecule has 0 bridgehead atoms. The van der Waals surface area contributed by atoms with E-state index in [1.165, 1.54) is 49.1 Å². The fourth-order valence-corrected chi connectivity index (χ4v) is 3.88. The lowest BCUT2D eigenvalue weighted by atomic mass is 9.80. The van der Waals surface area contributed by atoms with E-state index in [-0.39, 0.29) is 0 Å². The first kappa shape index (κ1) is 16.4. The van der Waals surface area contributed by atoms with Gasteiger partial charge in [-0.1, -0.05) is 20.3 Å². The third-order valence-corrected chi connectivity index (χ3v) is 5.14. The molecule has 2 rings (SSSR count). The minimum absolute atomic E-state index is 0.472. The summed E-state index contributed by atoms with van der Waals surface area (Å²) in [6.45, 7) is 9.84. The fourth-order valence-electron chi connectivity index (χ4n) is 3.88. The van der Waals surface area contributed by atoms with Crippen LogP contribution in [-0.2, 0) is 0 Å². The van der Waals surface area contributed by atoms with E-state index < -0.39 is 0 Å². The normalized spacial score (nSPS) is 24.0. The van der Waals surface area contributed by atoms with E-state index in [0.29, 0.717) is 11.8 Å². The molecule has 1 unspecified atom stereocenters. The number of aryl methyl sites for hydroxylation is 2. The summed E-state index contributed by atoms with van der Waals surface area (Å²) in [6, 6.07) is 0. The second-order valence-corrected chi connectivity index (χ2v) is 6.75. The number of hydrogen-bond acceptors (Lipinski definition) is 3. The number of aromatic nitrogens is 2. The molecule has 21 heavy (non-hydrogen) atoms. The van der Waals surface area contributed by atoms with E-state index in [9.17, 15) is 0 Å². The lowest BCUT2D eigenvalue weighted by Crippen LogP contribution is -2.20. The fraction of sp³-hybridized carbons (Fsp3) is 0.778. The van der Waals surface area contributed by atoms with Crippen molar-refractivity contribution in [1.29, 1.82) is 0 Å². The molecule has 3 heteroatoms. The van der Waals surface area contributed by atoms with Gasteiger partial charge in [0.05, 0.1) is 0 Å². The molecule has 0 saturated heterocycles. The van der Waals surface area contributed by atoms with Gasteiger partial charge in [-0.25, -0.2) is 9.97 Å². The first-order valence-corrected chi connectivity index (χ1v) is 8.56. The van der Waals surface area contributed by atoms with Crippen LogP contribution in [0.4, 0.5) is 0 Å². The van der Waals surface area contributed by atoms with E-state index in [2.05, 4.69) is 33.0 Å². The topological polar surface area (TPSA) is 37.8 Å². The predicted octanol–water partition coefficient (Wildman–Crippen LogP) is 4.10. The highest BCUT2D eigenvalue weighted by molar-refractivity contribution is 5.29. The van der Waals surface area contributed by atoms with Crippen LogP contribution < -0.4 is 5.32 Å². The Balaban J connectivity index is 2.16. The monoisotopic (exact) mass is 289 g/mol. The van der Waals surface area contributed by atoms with Crippen molar-refractivity contribution in [2.24, 2.45) is 5.92 Å². The Hall–Kier alpha value is -0.960. The van der Waals surface area contributed by atoms with Crippen molar-refractivity contribution in [2.75, 3.05) is 13.6 Å². The van der Waals surface area contributed by atoms with Gasteiger partial charge in [-0.2, -0.15) is 0 Å². The average molecular weight is 289 g/mol. The van der Waals surface area contributed by atoms with Gasteiger partial charge in [-0.3, -0.25) is 0 Å². The molecule has 118 valence electrons. The summed E-state index contributed by atoms with van der Waals surface area (Å²) < 4.78 is 0. The summed E-state index contributed by atoms with van der Waals surface area (Å²) in [5, 5.41) is 3.25. The van der Waals surface area contributed by atoms with Gasteiger partial charge in [0.2, 0.25) is 0 Å². The van der Waals surface area contributed by atoms with Crippen molar-refractivity contribution in [2.45, 2.75) is 71.6 Å². The number of likely N-dealkylation sites (N-methyl/N-ethyl adjacent to an activating group) is 1. The molecule has 0 amide bonds. The van der Waals surface area contributed by atoms with Gasteiger partial charge in [0.1, 0.15) is 5.82 Å².